The first-order valence-corrected chi connectivity index (χ1v) is 13.1. The Hall–Kier alpha value is -4.33. The first-order chi connectivity index (χ1) is 19.2. The number of piperazine rings is 1. The molecular formula is C29H30N8O2. The molecule has 2 atom stereocenters. The second-order valence-electron chi connectivity index (χ2n) is 9.94. The summed E-state index contributed by atoms with van der Waals surface area (Å²) in [5, 5.41) is 9.64. The van der Waals surface area contributed by atoms with E-state index >= 15 is 0 Å². The molecule has 39 heavy (non-hydrogen) atoms. The van der Waals surface area contributed by atoms with Crippen molar-refractivity contribution in [3.63, 3.8) is 0 Å². The summed E-state index contributed by atoms with van der Waals surface area (Å²) in [5.74, 6) is 1.48. The third-order valence-corrected chi connectivity index (χ3v) is 7.73. The number of nitrogens with zero attached hydrogens (tertiary/aromatic N) is 7. The molecule has 0 spiro atoms. The van der Waals surface area contributed by atoms with Crippen LogP contribution in [-0.4, -0.2) is 70.3 Å². The molecule has 3 saturated heterocycles. The predicted molar refractivity (Wildman–Crippen MR) is 147 cm³/mol. The second-order valence-corrected chi connectivity index (χ2v) is 9.94. The number of aromatic nitrogens is 4. The van der Waals surface area contributed by atoms with E-state index in [1.165, 1.54) is 18.2 Å². The summed E-state index contributed by atoms with van der Waals surface area (Å²) in [5.41, 5.74) is 11.6. The van der Waals surface area contributed by atoms with Crippen molar-refractivity contribution in [3.8, 4) is 23.1 Å². The van der Waals surface area contributed by atoms with Crippen LogP contribution in [0, 0.1) is 11.3 Å². The number of nitriles is 1. The summed E-state index contributed by atoms with van der Waals surface area (Å²) in [6.45, 7) is 3.90. The Kier molecular flexibility index (Phi) is 6.92. The highest BCUT2D eigenvalue weighted by Crippen LogP contribution is 2.36. The van der Waals surface area contributed by atoms with Crippen molar-refractivity contribution in [2.75, 3.05) is 38.3 Å². The zero-order chi connectivity index (χ0) is 26.8. The number of pyridine rings is 2. The van der Waals surface area contributed by atoms with Gasteiger partial charge in [0.25, 0.3) is 0 Å². The van der Waals surface area contributed by atoms with E-state index in [1.54, 1.807) is 19.5 Å². The van der Waals surface area contributed by atoms with Crippen LogP contribution in [-0.2, 0) is 11.3 Å². The highest BCUT2D eigenvalue weighted by Gasteiger charge is 2.44. The average molecular weight is 523 g/mol. The Labute approximate surface area is 227 Å². The lowest BCUT2D eigenvalue weighted by Crippen LogP contribution is -2.68. The van der Waals surface area contributed by atoms with Gasteiger partial charge in [-0.2, -0.15) is 5.26 Å². The van der Waals surface area contributed by atoms with Gasteiger partial charge < -0.3 is 20.1 Å². The number of methoxy groups -OCH3 is 1. The molecular weight excluding hydrogens is 492 g/mol. The zero-order valence-electron chi connectivity index (χ0n) is 21.8. The first-order valence-electron chi connectivity index (χ1n) is 13.1. The van der Waals surface area contributed by atoms with Crippen LogP contribution in [0.15, 0.2) is 55.3 Å². The Bertz CT molecular complexity index is 1430. The maximum Gasteiger partial charge on any atom is 0.231 e. The van der Waals surface area contributed by atoms with E-state index < -0.39 is 0 Å². The molecule has 198 valence electrons. The van der Waals surface area contributed by atoms with Gasteiger partial charge in [-0.05, 0) is 42.2 Å². The van der Waals surface area contributed by atoms with Crippen LogP contribution in [0.25, 0.3) is 22.3 Å². The van der Waals surface area contributed by atoms with E-state index in [2.05, 4.69) is 55.1 Å². The number of rotatable bonds is 7. The second kappa shape index (κ2) is 10.8. The van der Waals surface area contributed by atoms with E-state index in [4.69, 9.17) is 20.2 Å². The van der Waals surface area contributed by atoms with Crippen LogP contribution in [0.1, 0.15) is 29.8 Å². The van der Waals surface area contributed by atoms with Crippen molar-refractivity contribution in [2.45, 2.75) is 31.5 Å². The van der Waals surface area contributed by atoms with Crippen LogP contribution in [0.2, 0.25) is 0 Å². The molecule has 10 heteroatoms. The molecule has 0 aliphatic carbocycles. The average Bonchev–Trinajstić information content (AvgIpc) is 3.01. The first kappa shape index (κ1) is 25.0. The quantitative estimate of drug-likeness (QED) is 0.463. The van der Waals surface area contributed by atoms with E-state index in [0.29, 0.717) is 42.4 Å². The van der Waals surface area contributed by atoms with E-state index in [0.717, 1.165) is 54.3 Å². The molecule has 2 N–H and O–H groups in total. The fraction of sp³-hybridized carbons (Fsp3) is 0.345. The minimum absolute atomic E-state index is 0.333. The molecule has 10 nitrogen and oxygen atoms in total. The molecule has 3 aromatic rings. The van der Waals surface area contributed by atoms with Crippen molar-refractivity contribution < 1.29 is 9.47 Å². The maximum absolute atomic E-state index is 9.64. The molecule has 2 bridgehead atoms. The van der Waals surface area contributed by atoms with Gasteiger partial charge in [0, 0.05) is 61.4 Å². The van der Waals surface area contributed by atoms with Crippen molar-refractivity contribution >= 4 is 17.0 Å². The fourth-order valence-corrected chi connectivity index (χ4v) is 5.62. The van der Waals surface area contributed by atoms with Crippen LogP contribution in [0.5, 0.6) is 5.88 Å². The molecule has 4 aliphatic heterocycles. The van der Waals surface area contributed by atoms with Crippen LogP contribution in [0.3, 0.4) is 0 Å². The largest absolute Gasteiger partial charge is 0.480 e. The van der Waals surface area contributed by atoms with Gasteiger partial charge in [0.1, 0.15) is 11.9 Å². The summed E-state index contributed by atoms with van der Waals surface area (Å²) in [7, 11) is 1.59. The van der Waals surface area contributed by atoms with Crippen molar-refractivity contribution in [2.24, 2.45) is 5.73 Å². The molecule has 7 heterocycles. The molecule has 4 aliphatic rings. The molecule has 3 aromatic heterocycles. The highest BCUT2D eigenvalue weighted by atomic mass is 16.5. The minimum Gasteiger partial charge on any atom is -0.480 e. The summed E-state index contributed by atoms with van der Waals surface area (Å²) >= 11 is 0. The molecule has 0 amide bonds. The van der Waals surface area contributed by atoms with E-state index in [9.17, 15) is 5.26 Å². The Morgan fingerprint density at radius 1 is 1.13 bits per heavy atom. The van der Waals surface area contributed by atoms with Crippen molar-refractivity contribution in [3.05, 3.63) is 72.2 Å². The van der Waals surface area contributed by atoms with Gasteiger partial charge in [0.2, 0.25) is 5.88 Å². The Balaban J connectivity index is 1.20. The Morgan fingerprint density at radius 2 is 1.97 bits per heavy atom. The summed E-state index contributed by atoms with van der Waals surface area (Å²) in [4.78, 5) is 23.1. The van der Waals surface area contributed by atoms with Crippen LogP contribution in [0.4, 0.5) is 5.82 Å². The van der Waals surface area contributed by atoms with Crippen molar-refractivity contribution in [1.82, 2.24) is 24.8 Å². The fourth-order valence-electron chi connectivity index (χ4n) is 5.62. The normalized spacial score (nSPS) is 21.1. The van der Waals surface area contributed by atoms with Crippen LogP contribution >= 0.6 is 0 Å². The summed E-state index contributed by atoms with van der Waals surface area (Å²) in [6, 6.07) is 9.28. The standard InChI is InChI=1S/C29H30N8O2/c1-38-28-15-32-23(14-34-28)16-37-24-9-25(37)18-36(17-24)27-3-2-20(12-33-27)26-8-21(19-4-6-39-7-5-19)13-35-29(26)22(10-30)11-31/h2-4,8,10,12-15,24-25H,5-7,9,16-18,30H2,1H3. The van der Waals surface area contributed by atoms with Crippen LogP contribution < -0.4 is 15.4 Å². The molecule has 0 radical (unpaired) electrons. The third-order valence-electron chi connectivity index (χ3n) is 7.73. The molecule has 0 saturated carbocycles. The van der Waals surface area contributed by atoms with Crippen molar-refractivity contribution in [1.29, 1.82) is 5.26 Å². The molecule has 7 rings (SSSR count). The number of hydrogen-bond donors (Lipinski definition) is 1. The number of fused-ring (bicyclic) bond motifs is 2. The number of piperidine rings is 1. The van der Waals surface area contributed by atoms with Gasteiger partial charge >= 0.3 is 0 Å². The molecule has 0 aromatic carbocycles. The smallest absolute Gasteiger partial charge is 0.231 e. The topological polar surface area (TPSA) is 126 Å². The SMILES string of the molecule is COc1cnc(CN2C3CC2CN(c2ccc(-c4cc(C5=CCOCC5)cnc4C(C#N)=CN)cn2)C3)cn1. The lowest BCUT2D eigenvalue weighted by molar-refractivity contribution is -0.00979. The highest BCUT2D eigenvalue weighted by molar-refractivity contribution is 5.86. The van der Waals surface area contributed by atoms with E-state index in [1.807, 2.05) is 12.4 Å². The number of allylic oxidation sites excluding steroid dienone is 1. The van der Waals surface area contributed by atoms with Gasteiger partial charge in [-0.15, -0.1) is 0 Å². The molecule has 3 fully saturated rings. The summed E-state index contributed by atoms with van der Waals surface area (Å²) < 4.78 is 10.6. The molecule has 2 unspecified atom stereocenters. The Morgan fingerprint density at radius 3 is 2.62 bits per heavy atom. The van der Waals surface area contributed by atoms with Gasteiger partial charge in [-0.1, -0.05) is 6.08 Å². The monoisotopic (exact) mass is 522 g/mol. The third kappa shape index (κ3) is 4.94. The zero-order valence-corrected chi connectivity index (χ0v) is 21.8. The summed E-state index contributed by atoms with van der Waals surface area (Å²) in [6.07, 6.45) is 12.5. The lowest BCUT2D eigenvalue weighted by atomic mass is 9.87. The van der Waals surface area contributed by atoms with Gasteiger partial charge in [-0.3, -0.25) is 14.9 Å². The van der Waals surface area contributed by atoms with Gasteiger partial charge in [0.05, 0.1) is 49.7 Å². The van der Waals surface area contributed by atoms with Gasteiger partial charge in [-0.25, -0.2) is 9.97 Å². The number of hydrogen-bond acceptors (Lipinski definition) is 10. The maximum atomic E-state index is 9.64. The number of anilines is 1. The van der Waals surface area contributed by atoms with E-state index in [-0.39, 0.29) is 0 Å². The lowest BCUT2D eigenvalue weighted by Gasteiger charge is -2.56. The number of nitrogens with two attached hydrogens (primary N) is 1. The number of ether oxygens (including phenoxy) is 2. The van der Waals surface area contributed by atoms with Gasteiger partial charge in [0.15, 0.2) is 0 Å². The minimum atomic E-state index is 0.333. The predicted octanol–water partition coefficient (Wildman–Crippen LogP) is 3.03.